The van der Waals surface area contributed by atoms with Crippen LogP contribution in [0.5, 0.6) is 5.75 Å². The highest BCUT2D eigenvalue weighted by Gasteiger charge is 2.35. The summed E-state index contributed by atoms with van der Waals surface area (Å²) in [7, 11) is 0. The lowest BCUT2D eigenvalue weighted by Gasteiger charge is -2.17. The summed E-state index contributed by atoms with van der Waals surface area (Å²) in [6.07, 6.45) is 14.1. The van der Waals surface area contributed by atoms with Crippen LogP contribution in [0.15, 0.2) is 18.2 Å². The Labute approximate surface area is 149 Å². The number of aromatic hydroxyl groups is 1. The van der Waals surface area contributed by atoms with Crippen molar-refractivity contribution in [2.24, 2.45) is 10.8 Å². The first-order valence-corrected chi connectivity index (χ1v) is 10.1. The zero-order valence-electron chi connectivity index (χ0n) is 16.5. The fraction of sp³-hybridized carbons (Fsp3) is 0.739. The van der Waals surface area contributed by atoms with E-state index in [0.717, 1.165) is 18.4 Å². The molecule has 1 aromatic carbocycles. The number of hydrogen-bond donors (Lipinski definition) is 1. The van der Waals surface area contributed by atoms with E-state index in [4.69, 9.17) is 0 Å². The van der Waals surface area contributed by atoms with Gasteiger partial charge < -0.3 is 5.11 Å². The predicted octanol–water partition coefficient (Wildman–Crippen LogP) is 7.05. The van der Waals surface area contributed by atoms with Crippen LogP contribution in [0.4, 0.5) is 0 Å². The molecule has 1 saturated carbocycles. The topological polar surface area (TPSA) is 20.2 Å². The molecule has 1 nitrogen and oxygen atoms in total. The summed E-state index contributed by atoms with van der Waals surface area (Å²) in [5, 5.41) is 10.1. The van der Waals surface area contributed by atoms with Crippen LogP contribution < -0.4 is 0 Å². The highest BCUT2D eigenvalue weighted by Crippen LogP contribution is 2.49. The highest BCUT2D eigenvalue weighted by atomic mass is 16.3. The Morgan fingerprint density at radius 2 is 1.67 bits per heavy atom. The van der Waals surface area contributed by atoms with Crippen LogP contribution in [-0.2, 0) is 12.8 Å². The van der Waals surface area contributed by atoms with Crippen molar-refractivity contribution >= 4 is 0 Å². The normalized spacial score (nSPS) is 16.3. The van der Waals surface area contributed by atoms with E-state index in [1.165, 1.54) is 63.4 Å². The van der Waals surface area contributed by atoms with E-state index in [2.05, 4.69) is 39.8 Å². The van der Waals surface area contributed by atoms with E-state index < -0.39 is 0 Å². The summed E-state index contributed by atoms with van der Waals surface area (Å²) in [5.41, 5.74) is 3.68. The van der Waals surface area contributed by atoms with Gasteiger partial charge in [0, 0.05) is 0 Å². The van der Waals surface area contributed by atoms with Crippen LogP contribution >= 0.6 is 0 Å². The summed E-state index contributed by atoms with van der Waals surface area (Å²) in [6, 6.07) is 6.26. The molecule has 1 aromatic rings. The van der Waals surface area contributed by atoms with Crippen molar-refractivity contribution in [3.8, 4) is 5.75 Å². The lowest BCUT2D eigenvalue weighted by Crippen LogP contribution is -2.04. The number of aryl methyl sites for hydroxylation is 2. The summed E-state index contributed by atoms with van der Waals surface area (Å²) in [4.78, 5) is 0. The maximum absolute atomic E-state index is 10.1. The average Bonchev–Trinajstić information content (AvgIpc) is 3.23. The van der Waals surface area contributed by atoms with Gasteiger partial charge in [0.1, 0.15) is 5.75 Å². The molecular weight excluding hydrogens is 292 g/mol. The third-order valence-electron chi connectivity index (χ3n) is 5.62. The Hall–Kier alpha value is -0.980. The lowest BCUT2D eigenvalue weighted by atomic mass is 9.89. The molecule has 1 aliphatic rings. The Morgan fingerprint density at radius 3 is 2.33 bits per heavy atom. The van der Waals surface area contributed by atoms with E-state index in [9.17, 15) is 5.11 Å². The van der Waals surface area contributed by atoms with Crippen LogP contribution in [-0.4, -0.2) is 5.11 Å². The van der Waals surface area contributed by atoms with Gasteiger partial charge in [-0.15, -0.1) is 0 Å². The Kier molecular flexibility index (Phi) is 6.78. The molecule has 0 unspecified atom stereocenters. The molecule has 24 heavy (non-hydrogen) atoms. The van der Waals surface area contributed by atoms with Gasteiger partial charge >= 0.3 is 0 Å². The molecular formula is C23H38O. The largest absolute Gasteiger partial charge is 0.508 e. The molecule has 1 N–H and O–H groups in total. The maximum atomic E-state index is 10.1. The Balaban J connectivity index is 1.69. The number of rotatable bonds is 10. The molecule has 0 radical (unpaired) electrons. The van der Waals surface area contributed by atoms with E-state index in [1.54, 1.807) is 0 Å². The zero-order chi connectivity index (χ0) is 17.6. The average molecular weight is 331 g/mol. The first kappa shape index (κ1) is 19.3. The Bertz CT molecular complexity index is 505. The molecule has 0 spiro atoms. The number of phenols is 1. The van der Waals surface area contributed by atoms with E-state index in [0.29, 0.717) is 16.6 Å². The smallest absolute Gasteiger partial charge is 0.118 e. The van der Waals surface area contributed by atoms with Gasteiger partial charge in [0.15, 0.2) is 0 Å². The van der Waals surface area contributed by atoms with Crippen LogP contribution in [0.3, 0.4) is 0 Å². The van der Waals surface area contributed by atoms with Gasteiger partial charge in [-0.05, 0) is 79.4 Å². The van der Waals surface area contributed by atoms with Crippen LogP contribution in [0.2, 0.25) is 0 Å². The van der Waals surface area contributed by atoms with Crippen molar-refractivity contribution in [3.63, 3.8) is 0 Å². The van der Waals surface area contributed by atoms with Crippen LogP contribution in [0, 0.1) is 10.8 Å². The second-order valence-electron chi connectivity index (χ2n) is 9.60. The minimum atomic E-state index is 0.444. The second kappa shape index (κ2) is 8.41. The lowest BCUT2D eigenvalue weighted by molar-refractivity contribution is 0.358. The van der Waals surface area contributed by atoms with Crippen molar-refractivity contribution < 1.29 is 5.11 Å². The third-order valence-corrected chi connectivity index (χ3v) is 5.62. The van der Waals surface area contributed by atoms with Gasteiger partial charge in [0.25, 0.3) is 0 Å². The molecule has 0 heterocycles. The predicted molar refractivity (Wildman–Crippen MR) is 105 cm³/mol. The summed E-state index contributed by atoms with van der Waals surface area (Å²) in [5.74, 6) is 0.486. The molecule has 1 aliphatic carbocycles. The van der Waals surface area contributed by atoms with Gasteiger partial charge in [-0.2, -0.15) is 0 Å². The van der Waals surface area contributed by atoms with Crippen LogP contribution in [0.1, 0.15) is 96.6 Å². The van der Waals surface area contributed by atoms with E-state index in [-0.39, 0.29) is 0 Å². The van der Waals surface area contributed by atoms with Gasteiger partial charge in [-0.1, -0.05) is 59.1 Å². The number of hydrogen-bond acceptors (Lipinski definition) is 1. The van der Waals surface area contributed by atoms with Gasteiger partial charge in [0.2, 0.25) is 0 Å². The maximum Gasteiger partial charge on any atom is 0.118 e. The van der Waals surface area contributed by atoms with Crippen molar-refractivity contribution in [3.05, 3.63) is 29.3 Å². The summed E-state index contributed by atoms with van der Waals surface area (Å²) in [6.45, 7) is 9.36. The molecule has 1 fully saturated rings. The Morgan fingerprint density at radius 1 is 0.958 bits per heavy atom. The molecule has 0 bridgehead atoms. The highest BCUT2D eigenvalue weighted by molar-refractivity contribution is 5.36. The monoisotopic (exact) mass is 330 g/mol. The standard InChI is InChI=1S/C23H38O/c1-22(2,3)14-8-5-6-11-20-18-19(12-13-21(20)24)10-7-9-15-23(4)16-17-23/h12-13,18,24H,5-11,14-17H2,1-4H3. The van der Waals surface area contributed by atoms with Crippen molar-refractivity contribution in [1.82, 2.24) is 0 Å². The quantitative estimate of drug-likeness (QED) is 0.455. The molecule has 136 valence electrons. The molecule has 0 atom stereocenters. The molecule has 0 saturated heterocycles. The molecule has 0 aliphatic heterocycles. The summed E-state index contributed by atoms with van der Waals surface area (Å²) < 4.78 is 0. The van der Waals surface area contributed by atoms with E-state index >= 15 is 0 Å². The van der Waals surface area contributed by atoms with Crippen molar-refractivity contribution in [1.29, 1.82) is 0 Å². The fourth-order valence-electron chi connectivity index (χ4n) is 3.49. The number of phenolic OH excluding ortho intramolecular Hbond substituents is 1. The van der Waals surface area contributed by atoms with Crippen LogP contribution in [0.25, 0.3) is 0 Å². The molecule has 0 amide bonds. The first-order chi connectivity index (χ1) is 11.3. The zero-order valence-corrected chi connectivity index (χ0v) is 16.5. The third kappa shape index (κ3) is 7.28. The number of unbranched alkanes of at least 4 members (excludes halogenated alkanes) is 3. The fourth-order valence-corrected chi connectivity index (χ4v) is 3.49. The van der Waals surface area contributed by atoms with Gasteiger partial charge in [-0.25, -0.2) is 0 Å². The van der Waals surface area contributed by atoms with E-state index in [1.807, 2.05) is 6.07 Å². The summed E-state index contributed by atoms with van der Waals surface area (Å²) >= 11 is 0. The van der Waals surface area contributed by atoms with Crippen molar-refractivity contribution in [2.75, 3.05) is 0 Å². The molecule has 2 rings (SSSR count). The van der Waals surface area contributed by atoms with Crippen molar-refractivity contribution in [2.45, 2.75) is 98.3 Å². The first-order valence-electron chi connectivity index (χ1n) is 10.1. The van der Waals surface area contributed by atoms with Gasteiger partial charge in [-0.3, -0.25) is 0 Å². The van der Waals surface area contributed by atoms with Gasteiger partial charge in [0.05, 0.1) is 0 Å². The minimum Gasteiger partial charge on any atom is -0.508 e. The SMILES string of the molecule is CC(C)(C)CCCCCc1cc(CCCCC2(C)CC2)ccc1O. The second-order valence-corrected chi connectivity index (χ2v) is 9.60. The molecule has 0 aromatic heterocycles. The minimum absolute atomic E-state index is 0.444. The number of benzene rings is 1. The molecule has 1 heteroatoms.